The summed E-state index contributed by atoms with van der Waals surface area (Å²) in [5, 5.41) is 13.4. The fourth-order valence-corrected chi connectivity index (χ4v) is 4.82. The maximum atomic E-state index is 12.1. The van der Waals surface area contributed by atoms with Gasteiger partial charge in [0.25, 0.3) is 0 Å². The van der Waals surface area contributed by atoms with Crippen LogP contribution >= 0.6 is 22.7 Å². The molecule has 4 nitrogen and oxygen atoms in total. The molecular formula is C18H17NO3S3. The second kappa shape index (κ2) is 8.07. The number of aliphatic hydroxyl groups is 1. The van der Waals surface area contributed by atoms with E-state index < -0.39 is 16.1 Å². The maximum Gasteiger partial charge on any atom is 0.234 e. The molecule has 0 aliphatic heterocycles. The molecule has 0 amide bonds. The zero-order valence-electron chi connectivity index (χ0n) is 13.2. The van der Waals surface area contributed by atoms with Gasteiger partial charge in [0, 0.05) is 26.6 Å². The van der Waals surface area contributed by atoms with Gasteiger partial charge in [-0.3, -0.25) is 0 Å². The average molecular weight is 392 g/mol. The number of hydrogen-bond acceptors (Lipinski definition) is 5. The van der Waals surface area contributed by atoms with E-state index in [4.69, 9.17) is 0 Å². The monoisotopic (exact) mass is 391 g/mol. The molecule has 2 N–H and O–H groups in total. The number of rotatable bonds is 7. The standard InChI is InChI=1S/C18H17NO3S3/c20-18(16-7-4-11-23-16)17-9-8-15(24-17)13-19-25(21,22)12-10-14-5-2-1-3-6-14/h1-12,18-20H,13H2. The molecule has 1 atom stereocenters. The van der Waals surface area contributed by atoms with Crippen molar-refractivity contribution in [1.29, 1.82) is 0 Å². The second-order valence-corrected chi connectivity index (χ2v) is 9.13. The van der Waals surface area contributed by atoms with E-state index in [9.17, 15) is 13.5 Å². The predicted octanol–water partition coefficient (Wildman–Crippen LogP) is 3.98. The molecule has 0 spiro atoms. The highest BCUT2D eigenvalue weighted by Gasteiger charge is 2.14. The van der Waals surface area contributed by atoms with Crippen molar-refractivity contribution in [3.05, 3.63) is 85.6 Å². The lowest BCUT2D eigenvalue weighted by atomic mass is 10.2. The molecule has 7 heteroatoms. The molecule has 0 saturated heterocycles. The van der Waals surface area contributed by atoms with Crippen molar-refractivity contribution in [1.82, 2.24) is 4.72 Å². The van der Waals surface area contributed by atoms with Crippen molar-refractivity contribution in [3.8, 4) is 0 Å². The molecule has 0 bridgehead atoms. The minimum atomic E-state index is -3.52. The van der Waals surface area contributed by atoms with E-state index in [1.165, 1.54) is 22.7 Å². The van der Waals surface area contributed by atoms with Crippen LogP contribution in [0.2, 0.25) is 0 Å². The third-order valence-electron chi connectivity index (χ3n) is 3.45. The van der Waals surface area contributed by atoms with Crippen LogP contribution in [0.15, 0.2) is 65.4 Å². The van der Waals surface area contributed by atoms with Gasteiger partial charge in [0.05, 0.1) is 0 Å². The Kier molecular flexibility index (Phi) is 5.82. The second-order valence-electron chi connectivity index (χ2n) is 5.30. The summed E-state index contributed by atoms with van der Waals surface area (Å²) >= 11 is 2.89. The normalized spacial score (nSPS) is 13.3. The van der Waals surface area contributed by atoms with Gasteiger partial charge in [-0.1, -0.05) is 36.4 Å². The fourth-order valence-electron chi connectivity index (χ4n) is 2.18. The molecule has 25 heavy (non-hydrogen) atoms. The van der Waals surface area contributed by atoms with Crippen LogP contribution in [0.5, 0.6) is 0 Å². The lowest BCUT2D eigenvalue weighted by Crippen LogP contribution is -2.19. The first-order valence-electron chi connectivity index (χ1n) is 7.56. The van der Waals surface area contributed by atoms with Crippen LogP contribution in [0.4, 0.5) is 0 Å². The van der Waals surface area contributed by atoms with E-state index in [1.54, 1.807) is 6.08 Å². The van der Waals surface area contributed by atoms with E-state index in [2.05, 4.69) is 4.72 Å². The zero-order chi connectivity index (χ0) is 17.7. The summed E-state index contributed by atoms with van der Waals surface area (Å²) in [4.78, 5) is 2.53. The predicted molar refractivity (Wildman–Crippen MR) is 104 cm³/mol. The van der Waals surface area contributed by atoms with Crippen molar-refractivity contribution >= 4 is 38.8 Å². The Balaban J connectivity index is 1.61. The first kappa shape index (κ1) is 18.0. The van der Waals surface area contributed by atoms with Gasteiger partial charge >= 0.3 is 0 Å². The Labute approximate surface area is 155 Å². The van der Waals surface area contributed by atoms with Gasteiger partial charge in [-0.15, -0.1) is 22.7 Å². The first-order valence-corrected chi connectivity index (χ1v) is 10.8. The highest BCUT2D eigenvalue weighted by atomic mass is 32.2. The van der Waals surface area contributed by atoms with E-state index in [1.807, 2.05) is 60.0 Å². The van der Waals surface area contributed by atoms with E-state index in [0.717, 1.165) is 25.6 Å². The van der Waals surface area contributed by atoms with Gasteiger partial charge in [-0.05, 0) is 35.2 Å². The van der Waals surface area contributed by atoms with Gasteiger partial charge in [-0.25, -0.2) is 13.1 Å². The molecule has 1 unspecified atom stereocenters. The van der Waals surface area contributed by atoms with E-state index in [-0.39, 0.29) is 6.54 Å². The number of thiophene rings is 2. The summed E-state index contributed by atoms with van der Waals surface area (Å²) in [5.41, 5.74) is 0.824. The highest BCUT2D eigenvalue weighted by molar-refractivity contribution is 7.92. The van der Waals surface area contributed by atoms with Crippen molar-refractivity contribution < 1.29 is 13.5 Å². The van der Waals surface area contributed by atoms with Gasteiger partial charge in [0.2, 0.25) is 10.0 Å². The summed E-state index contributed by atoms with van der Waals surface area (Å²) in [6, 6.07) is 16.7. The molecule has 3 rings (SSSR count). The van der Waals surface area contributed by atoms with Crippen molar-refractivity contribution in [2.24, 2.45) is 0 Å². The topological polar surface area (TPSA) is 66.4 Å². The zero-order valence-corrected chi connectivity index (χ0v) is 15.7. The van der Waals surface area contributed by atoms with E-state index >= 15 is 0 Å². The lowest BCUT2D eigenvalue weighted by Gasteiger charge is -2.05. The molecule has 2 heterocycles. The van der Waals surface area contributed by atoms with Crippen LogP contribution in [0.1, 0.15) is 26.3 Å². The minimum Gasteiger partial charge on any atom is -0.382 e. The number of sulfonamides is 1. The van der Waals surface area contributed by atoms with Crippen molar-refractivity contribution in [2.45, 2.75) is 12.6 Å². The van der Waals surface area contributed by atoms with Crippen molar-refractivity contribution in [3.63, 3.8) is 0 Å². The molecule has 0 aliphatic carbocycles. The molecule has 0 aliphatic rings. The van der Waals surface area contributed by atoms with Crippen LogP contribution in [0.25, 0.3) is 6.08 Å². The van der Waals surface area contributed by atoms with Gasteiger partial charge < -0.3 is 5.11 Å². The number of hydrogen-bond donors (Lipinski definition) is 2. The summed E-state index contributed by atoms with van der Waals surface area (Å²) in [6.07, 6.45) is 0.899. The largest absolute Gasteiger partial charge is 0.382 e. The average Bonchev–Trinajstić information content (AvgIpc) is 3.31. The number of aliphatic hydroxyl groups excluding tert-OH is 1. The molecule has 2 aromatic heterocycles. The molecule has 0 fully saturated rings. The molecule has 3 aromatic rings. The van der Waals surface area contributed by atoms with Crippen LogP contribution in [0, 0.1) is 0 Å². The van der Waals surface area contributed by atoms with Crippen LogP contribution in [-0.4, -0.2) is 13.5 Å². The Bertz CT molecular complexity index is 929. The summed E-state index contributed by atoms with van der Waals surface area (Å²) in [7, 11) is -3.52. The maximum absolute atomic E-state index is 12.1. The Morgan fingerprint density at radius 3 is 2.56 bits per heavy atom. The SMILES string of the molecule is O=S(=O)(C=Cc1ccccc1)NCc1ccc(C(O)c2cccs2)s1. The summed E-state index contributed by atoms with van der Waals surface area (Å²) in [5.74, 6) is 0. The van der Waals surface area contributed by atoms with Crippen LogP contribution in [-0.2, 0) is 16.6 Å². The molecule has 1 aromatic carbocycles. The summed E-state index contributed by atoms with van der Waals surface area (Å²) in [6.45, 7) is 0.198. The minimum absolute atomic E-state index is 0.198. The molecular weight excluding hydrogens is 374 g/mol. The van der Waals surface area contributed by atoms with Gasteiger partial charge in [-0.2, -0.15) is 0 Å². The van der Waals surface area contributed by atoms with E-state index in [0.29, 0.717) is 0 Å². The number of benzene rings is 1. The third kappa shape index (κ3) is 5.10. The van der Waals surface area contributed by atoms with Crippen LogP contribution < -0.4 is 4.72 Å². The fraction of sp³-hybridized carbons (Fsp3) is 0.111. The summed E-state index contributed by atoms with van der Waals surface area (Å²) < 4.78 is 26.7. The Hall–Kier alpha value is -1.77. The Morgan fingerprint density at radius 2 is 1.84 bits per heavy atom. The molecule has 130 valence electrons. The third-order valence-corrected chi connectivity index (χ3v) is 6.55. The molecule has 0 saturated carbocycles. The van der Waals surface area contributed by atoms with Gasteiger partial charge in [0.1, 0.15) is 6.10 Å². The smallest absolute Gasteiger partial charge is 0.234 e. The quantitative estimate of drug-likeness (QED) is 0.640. The van der Waals surface area contributed by atoms with Crippen LogP contribution in [0.3, 0.4) is 0 Å². The van der Waals surface area contributed by atoms with Gasteiger partial charge in [0.15, 0.2) is 0 Å². The Morgan fingerprint density at radius 1 is 1.04 bits per heavy atom. The molecule has 0 radical (unpaired) electrons. The number of nitrogens with one attached hydrogen (secondary N) is 1. The van der Waals surface area contributed by atoms with Crippen molar-refractivity contribution in [2.75, 3.05) is 0 Å². The first-order chi connectivity index (χ1) is 12.0. The highest BCUT2D eigenvalue weighted by Crippen LogP contribution is 2.30. The lowest BCUT2D eigenvalue weighted by molar-refractivity contribution is 0.228.